The predicted octanol–water partition coefficient (Wildman–Crippen LogP) is 4.18. The highest BCUT2D eigenvalue weighted by atomic mass is 19.1. The van der Waals surface area contributed by atoms with E-state index >= 15 is 0 Å². The minimum absolute atomic E-state index is 0.00358. The average Bonchev–Trinajstić information content (AvgIpc) is 2.92. The van der Waals surface area contributed by atoms with E-state index in [9.17, 15) is 14.4 Å². The molecule has 0 N–H and O–H groups in total. The van der Waals surface area contributed by atoms with Crippen LogP contribution < -0.4 is 4.74 Å². The SMILES string of the molecule is CCCn1c(C)cc(/C=C(\C#N)C(=O)OCCOc2ccccc2F)c1C. The third kappa shape index (κ3) is 5.20. The molecule has 0 aliphatic rings. The van der Waals surface area contributed by atoms with Crippen molar-refractivity contribution >= 4 is 12.0 Å². The Morgan fingerprint density at radius 1 is 1.30 bits per heavy atom. The second-order valence-electron chi connectivity index (χ2n) is 6.06. The quantitative estimate of drug-likeness (QED) is 0.303. The number of halogens is 1. The number of ether oxygens (including phenoxy) is 2. The number of esters is 1. The van der Waals surface area contributed by atoms with Crippen LogP contribution in [0.3, 0.4) is 0 Å². The molecule has 6 heteroatoms. The minimum atomic E-state index is -0.727. The summed E-state index contributed by atoms with van der Waals surface area (Å²) in [4.78, 5) is 12.1. The van der Waals surface area contributed by atoms with E-state index in [-0.39, 0.29) is 24.5 Å². The fraction of sp³-hybridized carbons (Fsp3) is 0.333. The molecule has 0 fully saturated rings. The van der Waals surface area contributed by atoms with Crippen molar-refractivity contribution in [2.45, 2.75) is 33.7 Å². The van der Waals surface area contributed by atoms with Crippen molar-refractivity contribution in [1.29, 1.82) is 5.26 Å². The van der Waals surface area contributed by atoms with Gasteiger partial charge in [0.15, 0.2) is 11.6 Å². The molecule has 27 heavy (non-hydrogen) atoms. The highest BCUT2D eigenvalue weighted by Crippen LogP contribution is 2.19. The average molecular weight is 370 g/mol. The highest BCUT2D eigenvalue weighted by molar-refractivity contribution is 5.98. The van der Waals surface area contributed by atoms with E-state index in [4.69, 9.17) is 9.47 Å². The van der Waals surface area contributed by atoms with Crippen LogP contribution in [0.2, 0.25) is 0 Å². The molecule has 2 aromatic rings. The molecule has 1 aromatic heterocycles. The fourth-order valence-corrected chi connectivity index (χ4v) is 2.76. The van der Waals surface area contributed by atoms with Crippen molar-refractivity contribution < 1.29 is 18.7 Å². The Morgan fingerprint density at radius 3 is 2.70 bits per heavy atom. The lowest BCUT2D eigenvalue weighted by Crippen LogP contribution is -2.13. The number of aryl methyl sites for hydroxylation is 1. The molecule has 1 aromatic carbocycles. The molecule has 142 valence electrons. The van der Waals surface area contributed by atoms with Crippen molar-refractivity contribution in [2.75, 3.05) is 13.2 Å². The summed E-state index contributed by atoms with van der Waals surface area (Å²) in [5, 5.41) is 9.29. The van der Waals surface area contributed by atoms with Crippen molar-refractivity contribution in [2.24, 2.45) is 0 Å². The van der Waals surface area contributed by atoms with Crippen LogP contribution in [0.15, 0.2) is 35.9 Å². The standard InChI is InChI=1S/C21H23FN2O3/c1-4-9-24-15(2)12-17(16(24)3)13-18(14-23)21(25)27-11-10-26-20-8-6-5-7-19(20)22/h5-8,12-13H,4,9-11H2,1-3H3/b18-13+. The summed E-state index contributed by atoms with van der Waals surface area (Å²) in [5.41, 5.74) is 2.80. The van der Waals surface area contributed by atoms with E-state index in [1.807, 2.05) is 26.0 Å². The van der Waals surface area contributed by atoms with E-state index in [0.29, 0.717) is 0 Å². The Balaban J connectivity index is 1.98. The monoisotopic (exact) mass is 370 g/mol. The molecule has 5 nitrogen and oxygen atoms in total. The maximum atomic E-state index is 13.4. The van der Waals surface area contributed by atoms with E-state index in [1.165, 1.54) is 18.2 Å². The highest BCUT2D eigenvalue weighted by Gasteiger charge is 2.14. The lowest BCUT2D eigenvalue weighted by atomic mass is 10.1. The summed E-state index contributed by atoms with van der Waals surface area (Å²) >= 11 is 0. The molecule has 0 amide bonds. The van der Waals surface area contributed by atoms with Gasteiger partial charge in [-0.25, -0.2) is 9.18 Å². The molecule has 0 aliphatic carbocycles. The molecule has 0 bridgehead atoms. The lowest BCUT2D eigenvalue weighted by molar-refractivity contribution is -0.139. The van der Waals surface area contributed by atoms with Crippen LogP contribution >= 0.6 is 0 Å². The number of hydrogen-bond donors (Lipinski definition) is 0. The van der Waals surface area contributed by atoms with Crippen LogP contribution in [0.4, 0.5) is 4.39 Å². The molecule has 0 saturated carbocycles. The molecular formula is C21H23FN2O3. The van der Waals surface area contributed by atoms with Gasteiger partial charge in [-0.2, -0.15) is 5.26 Å². The maximum absolute atomic E-state index is 13.4. The van der Waals surface area contributed by atoms with Crippen molar-refractivity contribution in [3.63, 3.8) is 0 Å². The largest absolute Gasteiger partial charge is 0.487 e. The van der Waals surface area contributed by atoms with Gasteiger partial charge in [-0.3, -0.25) is 0 Å². The zero-order valence-electron chi connectivity index (χ0n) is 15.8. The minimum Gasteiger partial charge on any atom is -0.487 e. The topological polar surface area (TPSA) is 64.2 Å². The van der Waals surface area contributed by atoms with Gasteiger partial charge in [0.1, 0.15) is 24.9 Å². The van der Waals surface area contributed by atoms with Gasteiger partial charge in [-0.1, -0.05) is 19.1 Å². The van der Waals surface area contributed by atoms with Crippen LogP contribution in [-0.4, -0.2) is 23.8 Å². The van der Waals surface area contributed by atoms with Crippen LogP contribution in [-0.2, 0) is 16.1 Å². The number of aromatic nitrogens is 1. The second kappa shape index (κ2) is 9.58. The third-order valence-corrected chi connectivity index (χ3v) is 4.11. The third-order valence-electron chi connectivity index (χ3n) is 4.11. The Bertz CT molecular complexity index is 878. The first-order valence-corrected chi connectivity index (χ1v) is 8.80. The summed E-state index contributed by atoms with van der Waals surface area (Å²) in [6.07, 6.45) is 2.53. The van der Waals surface area contributed by atoms with Crippen molar-refractivity contribution in [3.8, 4) is 11.8 Å². The molecule has 0 unspecified atom stereocenters. The summed E-state index contributed by atoms with van der Waals surface area (Å²) < 4.78 is 25.9. The zero-order valence-corrected chi connectivity index (χ0v) is 15.8. The summed E-state index contributed by atoms with van der Waals surface area (Å²) in [5.74, 6) is -1.12. The van der Waals surface area contributed by atoms with Crippen LogP contribution in [0.1, 0.15) is 30.3 Å². The normalized spacial score (nSPS) is 11.1. The van der Waals surface area contributed by atoms with Crippen LogP contribution in [0, 0.1) is 31.0 Å². The smallest absolute Gasteiger partial charge is 0.349 e. The van der Waals surface area contributed by atoms with Gasteiger partial charge < -0.3 is 14.0 Å². The molecule has 0 radical (unpaired) electrons. The summed E-state index contributed by atoms with van der Waals surface area (Å²) in [6.45, 7) is 6.83. The molecule has 2 rings (SSSR count). The molecule has 0 spiro atoms. The molecule has 0 aliphatic heterocycles. The van der Waals surface area contributed by atoms with E-state index in [0.717, 1.165) is 29.9 Å². The number of hydrogen-bond acceptors (Lipinski definition) is 4. The first-order valence-electron chi connectivity index (χ1n) is 8.80. The number of carbonyl (C=O) groups excluding carboxylic acids is 1. The molecule has 0 atom stereocenters. The Kier molecular flexibility index (Phi) is 7.18. The van der Waals surface area contributed by atoms with Gasteiger partial charge >= 0.3 is 5.97 Å². The van der Waals surface area contributed by atoms with E-state index in [1.54, 1.807) is 12.1 Å². The van der Waals surface area contributed by atoms with E-state index < -0.39 is 11.8 Å². The summed E-state index contributed by atoms with van der Waals surface area (Å²) in [6, 6.07) is 9.81. The number of nitrogens with zero attached hydrogens (tertiary/aromatic N) is 2. The van der Waals surface area contributed by atoms with E-state index in [2.05, 4.69) is 11.5 Å². The lowest BCUT2D eigenvalue weighted by Gasteiger charge is -2.08. The summed E-state index contributed by atoms with van der Waals surface area (Å²) in [7, 11) is 0. The number of nitriles is 1. The maximum Gasteiger partial charge on any atom is 0.349 e. The molecule has 0 saturated heterocycles. The Morgan fingerprint density at radius 2 is 2.04 bits per heavy atom. The van der Waals surface area contributed by atoms with Crippen molar-refractivity contribution in [3.05, 3.63) is 58.7 Å². The fourth-order valence-electron chi connectivity index (χ4n) is 2.76. The van der Waals surface area contributed by atoms with Gasteiger partial charge in [0.25, 0.3) is 0 Å². The van der Waals surface area contributed by atoms with Crippen LogP contribution in [0.5, 0.6) is 5.75 Å². The zero-order chi connectivity index (χ0) is 19.8. The van der Waals surface area contributed by atoms with Gasteiger partial charge in [0, 0.05) is 17.9 Å². The number of para-hydroxylation sites is 1. The number of benzene rings is 1. The van der Waals surface area contributed by atoms with Crippen LogP contribution in [0.25, 0.3) is 6.08 Å². The van der Waals surface area contributed by atoms with Gasteiger partial charge in [0.05, 0.1) is 0 Å². The molecule has 1 heterocycles. The predicted molar refractivity (Wildman–Crippen MR) is 101 cm³/mol. The second-order valence-corrected chi connectivity index (χ2v) is 6.06. The Hall–Kier alpha value is -3.07. The van der Waals surface area contributed by atoms with Gasteiger partial charge in [-0.05, 0) is 50.1 Å². The first-order chi connectivity index (χ1) is 13.0. The van der Waals surface area contributed by atoms with Gasteiger partial charge in [-0.15, -0.1) is 0 Å². The Labute approximate surface area is 158 Å². The first kappa shape index (κ1) is 20.2. The van der Waals surface area contributed by atoms with Gasteiger partial charge in [0.2, 0.25) is 0 Å². The number of carbonyl (C=O) groups is 1. The molecular weight excluding hydrogens is 347 g/mol. The van der Waals surface area contributed by atoms with Crippen molar-refractivity contribution in [1.82, 2.24) is 4.57 Å². The number of rotatable bonds is 8.